The van der Waals surface area contributed by atoms with Gasteiger partial charge in [-0.15, -0.1) is 0 Å². The van der Waals surface area contributed by atoms with Crippen LogP contribution in [0.1, 0.15) is 45.6 Å². The third kappa shape index (κ3) is 4.71. The summed E-state index contributed by atoms with van der Waals surface area (Å²) in [6, 6.07) is 16.4. The Morgan fingerprint density at radius 3 is 2.56 bits per heavy atom. The van der Waals surface area contributed by atoms with Crippen LogP contribution in [-0.4, -0.2) is 21.2 Å². The minimum Gasteiger partial charge on any atom is -0.361 e. The van der Waals surface area contributed by atoms with E-state index in [1.807, 2.05) is 38.1 Å². The number of aromatic amines is 2. The van der Waals surface area contributed by atoms with Crippen LogP contribution in [0.4, 0.5) is 8.78 Å². The fourth-order valence-corrected chi connectivity index (χ4v) is 4.78. The maximum atomic E-state index is 14.9. The van der Waals surface area contributed by atoms with E-state index in [1.165, 1.54) is 12.1 Å². The largest absolute Gasteiger partial charge is 0.361 e. The van der Waals surface area contributed by atoms with E-state index in [-0.39, 0.29) is 11.6 Å². The molecule has 3 aromatic carbocycles. The Bertz CT molecular complexity index is 1560. The number of carbonyl (C=O) groups is 1. The normalized spacial score (nSPS) is 11.3. The maximum absolute atomic E-state index is 14.9. The molecule has 0 atom stereocenters. The van der Waals surface area contributed by atoms with Crippen molar-refractivity contribution in [2.75, 3.05) is 0 Å². The van der Waals surface area contributed by atoms with Crippen LogP contribution in [0, 0.1) is 25.5 Å². The van der Waals surface area contributed by atoms with Crippen molar-refractivity contribution in [2.45, 2.75) is 39.5 Å². The van der Waals surface area contributed by atoms with Crippen LogP contribution in [0.25, 0.3) is 22.3 Å². The summed E-state index contributed by atoms with van der Waals surface area (Å²) in [5.74, 6) is -0.203. The fourth-order valence-electron chi connectivity index (χ4n) is 4.78. The number of H-pyrrole nitrogens is 2. The first-order valence-electron chi connectivity index (χ1n) is 12.0. The second-order valence-electron chi connectivity index (χ2n) is 9.25. The van der Waals surface area contributed by atoms with Crippen molar-refractivity contribution in [3.63, 3.8) is 0 Å². The molecule has 182 valence electrons. The molecule has 6 heteroatoms. The van der Waals surface area contributed by atoms with Gasteiger partial charge in [0.2, 0.25) is 0 Å². The molecule has 0 spiro atoms. The Morgan fingerprint density at radius 2 is 1.72 bits per heavy atom. The van der Waals surface area contributed by atoms with Gasteiger partial charge in [-0.1, -0.05) is 30.3 Å². The van der Waals surface area contributed by atoms with Crippen LogP contribution in [0.15, 0.2) is 60.8 Å². The van der Waals surface area contributed by atoms with Crippen molar-refractivity contribution in [2.24, 2.45) is 0 Å². The number of nitrogens with zero attached hydrogens (tertiary/aromatic N) is 1. The molecule has 36 heavy (non-hydrogen) atoms. The molecule has 0 radical (unpaired) electrons. The highest BCUT2D eigenvalue weighted by Crippen LogP contribution is 2.29. The highest BCUT2D eigenvalue weighted by Gasteiger charge is 2.16. The van der Waals surface area contributed by atoms with Gasteiger partial charge >= 0.3 is 0 Å². The molecule has 0 saturated carbocycles. The molecule has 0 aliphatic carbocycles. The Kier molecular flexibility index (Phi) is 6.51. The number of aldehydes is 1. The third-order valence-electron chi connectivity index (χ3n) is 6.76. The Balaban J connectivity index is 1.42. The van der Waals surface area contributed by atoms with E-state index < -0.39 is 0 Å². The number of imidazole rings is 1. The van der Waals surface area contributed by atoms with Crippen molar-refractivity contribution in [3.8, 4) is 11.4 Å². The fraction of sp³-hybridized carbons (Fsp3) is 0.200. The minimum atomic E-state index is -0.381. The van der Waals surface area contributed by atoms with Gasteiger partial charge < -0.3 is 14.8 Å². The molecule has 5 aromatic rings. The van der Waals surface area contributed by atoms with Gasteiger partial charge in [0, 0.05) is 42.1 Å². The highest BCUT2D eigenvalue weighted by atomic mass is 19.1. The molecule has 5 rings (SSSR count). The molecule has 2 aromatic heterocycles. The van der Waals surface area contributed by atoms with Gasteiger partial charge in [-0.05, 0) is 72.4 Å². The van der Waals surface area contributed by atoms with Crippen molar-refractivity contribution in [3.05, 3.63) is 112 Å². The minimum absolute atomic E-state index is 0.278. The summed E-state index contributed by atoms with van der Waals surface area (Å²) in [4.78, 5) is 21.7. The van der Waals surface area contributed by atoms with Gasteiger partial charge in [-0.3, -0.25) is 0 Å². The van der Waals surface area contributed by atoms with Crippen LogP contribution >= 0.6 is 0 Å². The monoisotopic (exact) mass is 483 g/mol. The molecule has 2 N–H and O–H groups in total. The van der Waals surface area contributed by atoms with Crippen molar-refractivity contribution in [1.29, 1.82) is 0 Å². The zero-order chi connectivity index (χ0) is 25.2. The second-order valence-corrected chi connectivity index (χ2v) is 9.25. The van der Waals surface area contributed by atoms with Crippen molar-refractivity contribution < 1.29 is 13.6 Å². The number of benzene rings is 3. The lowest BCUT2D eigenvalue weighted by Crippen LogP contribution is -1.99. The van der Waals surface area contributed by atoms with E-state index in [1.54, 1.807) is 18.3 Å². The summed E-state index contributed by atoms with van der Waals surface area (Å²) >= 11 is 0. The van der Waals surface area contributed by atoms with Crippen LogP contribution in [0.5, 0.6) is 0 Å². The molecular formula is C30H27F2N3O. The summed E-state index contributed by atoms with van der Waals surface area (Å²) in [7, 11) is 0. The molecule has 0 fully saturated rings. The summed E-state index contributed by atoms with van der Waals surface area (Å²) in [5.41, 5.74) is 7.31. The number of carbonyl (C=O) groups excluding carboxylic acids is 1. The zero-order valence-corrected chi connectivity index (χ0v) is 20.3. The van der Waals surface area contributed by atoms with E-state index in [0.29, 0.717) is 42.6 Å². The average molecular weight is 484 g/mol. The molecule has 2 heterocycles. The highest BCUT2D eigenvalue weighted by molar-refractivity contribution is 5.84. The van der Waals surface area contributed by atoms with Crippen LogP contribution in [-0.2, 0) is 24.1 Å². The number of rotatable bonds is 8. The Labute approximate surface area is 208 Å². The number of hydrogen-bond acceptors (Lipinski definition) is 2. The first-order valence-corrected chi connectivity index (χ1v) is 12.0. The van der Waals surface area contributed by atoms with E-state index in [9.17, 15) is 13.6 Å². The maximum Gasteiger partial charge on any atom is 0.140 e. The Hall–Kier alpha value is -4.06. The number of aromatic nitrogens is 3. The number of aryl methyl sites for hydroxylation is 3. The van der Waals surface area contributed by atoms with Gasteiger partial charge in [0.25, 0.3) is 0 Å². The number of nitrogens with one attached hydrogen (secondary N) is 2. The summed E-state index contributed by atoms with van der Waals surface area (Å²) in [6.07, 6.45) is 4.87. The smallest absolute Gasteiger partial charge is 0.140 e. The summed E-state index contributed by atoms with van der Waals surface area (Å²) in [5, 5.41) is 0.982. The van der Waals surface area contributed by atoms with Crippen LogP contribution in [0.3, 0.4) is 0 Å². The number of hydrogen-bond donors (Lipinski definition) is 2. The van der Waals surface area contributed by atoms with E-state index >= 15 is 0 Å². The summed E-state index contributed by atoms with van der Waals surface area (Å²) < 4.78 is 29.8. The molecule has 0 aliphatic heterocycles. The number of fused-ring (bicyclic) bond motifs is 1. The molecule has 0 unspecified atom stereocenters. The third-order valence-corrected chi connectivity index (χ3v) is 6.76. The lowest BCUT2D eigenvalue weighted by atomic mass is 9.96. The molecule has 0 aliphatic rings. The van der Waals surface area contributed by atoms with Gasteiger partial charge in [0.1, 0.15) is 23.7 Å². The van der Waals surface area contributed by atoms with Gasteiger partial charge in [-0.2, -0.15) is 0 Å². The SMILES string of the molecule is Cc1[nH]c(-c2cc(Cc3c(F)cc4[nH]ccc4c3C)ccc2F)nc1Cc1cccc(CCC=O)c1. The molecule has 0 saturated heterocycles. The van der Waals surface area contributed by atoms with Crippen LogP contribution < -0.4 is 0 Å². The van der Waals surface area contributed by atoms with E-state index in [4.69, 9.17) is 4.98 Å². The molecule has 0 bridgehead atoms. The Morgan fingerprint density at radius 1 is 0.917 bits per heavy atom. The van der Waals surface area contributed by atoms with Crippen molar-refractivity contribution in [1.82, 2.24) is 15.0 Å². The van der Waals surface area contributed by atoms with Gasteiger partial charge in [0.05, 0.1) is 11.3 Å². The number of halogens is 2. The molecular weight excluding hydrogens is 456 g/mol. The predicted molar refractivity (Wildman–Crippen MR) is 138 cm³/mol. The zero-order valence-electron chi connectivity index (χ0n) is 20.3. The lowest BCUT2D eigenvalue weighted by molar-refractivity contribution is -0.107. The standard InChI is InChI=1S/C30H27F2N3O/c1-18-23-10-11-33-29(23)17-27(32)24(18)14-22-8-9-26(31)25(15-22)30-34-19(2)28(35-30)16-21-6-3-5-20(13-21)7-4-12-36/h3,5-6,8-13,15,17,33H,4,7,14,16H2,1-2H3,(H,34,35). The molecule has 4 nitrogen and oxygen atoms in total. The molecule has 0 amide bonds. The first-order chi connectivity index (χ1) is 17.4. The van der Waals surface area contributed by atoms with Crippen molar-refractivity contribution >= 4 is 17.2 Å². The lowest BCUT2D eigenvalue weighted by Gasteiger charge is -2.11. The van der Waals surface area contributed by atoms with Crippen LogP contribution in [0.2, 0.25) is 0 Å². The quantitative estimate of drug-likeness (QED) is 0.239. The second kappa shape index (κ2) is 9.90. The topological polar surface area (TPSA) is 61.5 Å². The summed E-state index contributed by atoms with van der Waals surface area (Å²) in [6.45, 7) is 3.84. The van der Waals surface area contributed by atoms with Gasteiger partial charge in [0.15, 0.2) is 0 Å². The predicted octanol–water partition coefficient (Wildman–Crippen LogP) is 6.77. The first kappa shape index (κ1) is 23.7. The van der Waals surface area contributed by atoms with Gasteiger partial charge in [-0.25, -0.2) is 13.8 Å². The van der Waals surface area contributed by atoms with E-state index in [0.717, 1.165) is 50.8 Å². The van der Waals surface area contributed by atoms with E-state index in [2.05, 4.69) is 16.0 Å². The average Bonchev–Trinajstić information content (AvgIpc) is 3.48.